The predicted molar refractivity (Wildman–Crippen MR) is 94.2 cm³/mol. The lowest BCUT2D eigenvalue weighted by Gasteiger charge is -2.26. The Bertz CT molecular complexity index is 467. The minimum atomic E-state index is 0.115. The summed E-state index contributed by atoms with van der Waals surface area (Å²) in [5.41, 5.74) is 11.0. The summed E-state index contributed by atoms with van der Waals surface area (Å²) >= 11 is 0. The van der Waals surface area contributed by atoms with Crippen molar-refractivity contribution in [3.05, 3.63) is 34.4 Å². The molecular weight excluding hydrogens is 272 g/mol. The van der Waals surface area contributed by atoms with Crippen LogP contribution in [0.1, 0.15) is 61.3 Å². The molecule has 0 radical (unpaired) electrons. The van der Waals surface area contributed by atoms with E-state index in [1.165, 1.54) is 22.3 Å². The maximum atomic E-state index is 12.6. The first kappa shape index (κ1) is 18.7. The molecule has 0 fully saturated rings. The quantitative estimate of drug-likeness (QED) is 0.796. The average Bonchev–Trinajstić information content (AvgIpc) is 2.44. The van der Waals surface area contributed by atoms with Crippen LogP contribution in [0.25, 0.3) is 0 Å². The monoisotopic (exact) mass is 304 g/mol. The van der Waals surface area contributed by atoms with Gasteiger partial charge in [0.2, 0.25) is 5.91 Å². The van der Waals surface area contributed by atoms with Crippen molar-refractivity contribution in [3.8, 4) is 0 Å². The van der Waals surface area contributed by atoms with E-state index in [9.17, 15) is 4.79 Å². The van der Waals surface area contributed by atoms with Gasteiger partial charge in [0.1, 0.15) is 0 Å². The highest BCUT2D eigenvalue weighted by molar-refractivity contribution is 5.77. The predicted octanol–water partition coefficient (Wildman–Crippen LogP) is 3.69. The van der Waals surface area contributed by atoms with Gasteiger partial charge in [0.15, 0.2) is 0 Å². The van der Waals surface area contributed by atoms with Crippen LogP contribution in [0.3, 0.4) is 0 Å². The third-order valence-corrected chi connectivity index (χ3v) is 4.19. The minimum absolute atomic E-state index is 0.115. The van der Waals surface area contributed by atoms with Crippen molar-refractivity contribution in [1.29, 1.82) is 0 Å². The SMILES string of the molecule is CCCN(CCC)C(=O)CC(CN)c1c(C)cc(C)cc1C. The number of nitrogens with two attached hydrogens (primary N) is 1. The minimum Gasteiger partial charge on any atom is -0.343 e. The van der Waals surface area contributed by atoms with E-state index in [2.05, 4.69) is 46.8 Å². The summed E-state index contributed by atoms with van der Waals surface area (Å²) < 4.78 is 0. The van der Waals surface area contributed by atoms with Crippen LogP contribution in [0.5, 0.6) is 0 Å². The Labute approximate surface area is 135 Å². The summed E-state index contributed by atoms with van der Waals surface area (Å²) in [7, 11) is 0. The fraction of sp³-hybridized carbons (Fsp3) is 0.632. The van der Waals surface area contributed by atoms with E-state index in [-0.39, 0.29) is 11.8 Å². The lowest BCUT2D eigenvalue weighted by atomic mass is 9.87. The molecule has 3 heteroatoms. The largest absolute Gasteiger partial charge is 0.343 e. The molecule has 0 aromatic heterocycles. The summed E-state index contributed by atoms with van der Waals surface area (Å²) in [6.07, 6.45) is 2.52. The van der Waals surface area contributed by atoms with Crippen LogP contribution in [-0.4, -0.2) is 30.4 Å². The second-order valence-electron chi connectivity index (χ2n) is 6.33. The maximum absolute atomic E-state index is 12.6. The van der Waals surface area contributed by atoms with Gasteiger partial charge in [-0.15, -0.1) is 0 Å². The average molecular weight is 304 g/mol. The Morgan fingerprint density at radius 1 is 1.09 bits per heavy atom. The molecule has 0 bridgehead atoms. The normalized spacial score (nSPS) is 12.3. The van der Waals surface area contributed by atoms with Gasteiger partial charge >= 0.3 is 0 Å². The van der Waals surface area contributed by atoms with Gasteiger partial charge in [0.25, 0.3) is 0 Å². The molecule has 3 nitrogen and oxygen atoms in total. The smallest absolute Gasteiger partial charge is 0.223 e. The molecule has 1 aromatic carbocycles. The number of hydrogen-bond donors (Lipinski definition) is 1. The highest BCUT2D eigenvalue weighted by Gasteiger charge is 2.21. The molecule has 22 heavy (non-hydrogen) atoms. The zero-order chi connectivity index (χ0) is 16.7. The molecule has 1 unspecified atom stereocenters. The van der Waals surface area contributed by atoms with Crippen molar-refractivity contribution in [2.75, 3.05) is 19.6 Å². The molecule has 124 valence electrons. The van der Waals surface area contributed by atoms with E-state index in [0.29, 0.717) is 13.0 Å². The molecule has 1 aromatic rings. The van der Waals surface area contributed by atoms with Crippen molar-refractivity contribution in [3.63, 3.8) is 0 Å². The molecule has 0 aliphatic heterocycles. The van der Waals surface area contributed by atoms with E-state index >= 15 is 0 Å². The van der Waals surface area contributed by atoms with E-state index in [4.69, 9.17) is 5.73 Å². The van der Waals surface area contributed by atoms with Crippen LogP contribution in [0, 0.1) is 20.8 Å². The van der Waals surface area contributed by atoms with Crippen LogP contribution >= 0.6 is 0 Å². The molecule has 0 heterocycles. The summed E-state index contributed by atoms with van der Waals surface area (Å²) in [6, 6.07) is 4.37. The Kier molecular flexibility index (Phi) is 7.60. The van der Waals surface area contributed by atoms with Crippen LogP contribution in [-0.2, 0) is 4.79 Å². The van der Waals surface area contributed by atoms with Crippen LogP contribution in [0.2, 0.25) is 0 Å². The first-order chi connectivity index (χ1) is 10.4. The van der Waals surface area contributed by atoms with Gasteiger partial charge in [-0.1, -0.05) is 31.5 Å². The van der Waals surface area contributed by atoms with Crippen LogP contribution < -0.4 is 5.73 Å². The molecule has 0 saturated carbocycles. The summed E-state index contributed by atoms with van der Waals surface area (Å²) in [5, 5.41) is 0. The summed E-state index contributed by atoms with van der Waals surface area (Å²) in [5.74, 6) is 0.350. The van der Waals surface area contributed by atoms with Crippen molar-refractivity contribution in [2.24, 2.45) is 5.73 Å². The third kappa shape index (κ3) is 4.84. The molecule has 2 N–H and O–H groups in total. The zero-order valence-electron chi connectivity index (χ0n) is 14.9. The fourth-order valence-corrected chi connectivity index (χ4v) is 3.38. The molecule has 1 atom stereocenters. The lowest BCUT2D eigenvalue weighted by Crippen LogP contribution is -2.34. The Balaban J connectivity index is 2.95. The molecular formula is C19H32N2O. The highest BCUT2D eigenvalue weighted by Crippen LogP contribution is 2.27. The number of hydrogen-bond acceptors (Lipinski definition) is 2. The van der Waals surface area contributed by atoms with Crippen molar-refractivity contribution >= 4 is 5.91 Å². The number of aryl methyl sites for hydroxylation is 3. The molecule has 0 spiro atoms. The molecule has 0 aliphatic rings. The van der Waals surface area contributed by atoms with Gasteiger partial charge in [0.05, 0.1) is 0 Å². The molecule has 1 amide bonds. The lowest BCUT2D eigenvalue weighted by molar-refractivity contribution is -0.131. The number of benzene rings is 1. The van der Waals surface area contributed by atoms with E-state index in [0.717, 1.165) is 25.9 Å². The van der Waals surface area contributed by atoms with Gasteiger partial charge in [-0.05, 0) is 56.8 Å². The maximum Gasteiger partial charge on any atom is 0.223 e. The van der Waals surface area contributed by atoms with Gasteiger partial charge < -0.3 is 10.6 Å². The van der Waals surface area contributed by atoms with E-state index in [1.807, 2.05) is 4.90 Å². The van der Waals surface area contributed by atoms with Gasteiger partial charge in [-0.2, -0.15) is 0 Å². The topological polar surface area (TPSA) is 46.3 Å². The highest BCUT2D eigenvalue weighted by atomic mass is 16.2. The number of carbonyl (C=O) groups is 1. The van der Waals surface area contributed by atoms with Crippen LogP contribution in [0.15, 0.2) is 12.1 Å². The van der Waals surface area contributed by atoms with Gasteiger partial charge in [-0.3, -0.25) is 4.79 Å². The molecule has 1 rings (SSSR count). The fourth-order valence-electron chi connectivity index (χ4n) is 3.38. The third-order valence-electron chi connectivity index (χ3n) is 4.19. The number of carbonyl (C=O) groups excluding carboxylic acids is 1. The first-order valence-electron chi connectivity index (χ1n) is 8.50. The number of amides is 1. The zero-order valence-corrected chi connectivity index (χ0v) is 14.9. The second-order valence-corrected chi connectivity index (χ2v) is 6.33. The van der Waals surface area contributed by atoms with Crippen molar-refractivity contribution in [2.45, 2.75) is 59.8 Å². The van der Waals surface area contributed by atoms with Crippen molar-refractivity contribution in [1.82, 2.24) is 4.90 Å². The Morgan fingerprint density at radius 2 is 1.59 bits per heavy atom. The standard InChI is InChI=1S/C19H32N2O/c1-6-8-21(9-7-2)18(22)12-17(13-20)19-15(4)10-14(3)11-16(19)5/h10-11,17H,6-9,12-13,20H2,1-5H3. The van der Waals surface area contributed by atoms with Gasteiger partial charge in [-0.25, -0.2) is 0 Å². The summed E-state index contributed by atoms with van der Waals surface area (Å²) in [6.45, 7) is 12.8. The first-order valence-corrected chi connectivity index (χ1v) is 8.50. The Morgan fingerprint density at radius 3 is 2.00 bits per heavy atom. The number of rotatable bonds is 8. The molecule has 0 aliphatic carbocycles. The van der Waals surface area contributed by atoms with Crippen LogP contribution in [0.4, 0.5) is 0 Å². The van der Waals surface area contributed by atoms with E-state index < -0.39 is 0 Å². The number of nitrogens with zero attached hydrogens (tertiary/aromatic N) is 1. The second kappa shape index (κ2) is 8.94. The molecule has 0 saturated heterocycles. The summed E-state index contributed by atoms with van der Waals surface area (Å²) in [4.78, 5) is 14.6. The van der Waals surface area contributed by atoms with Gasteiger partial charge in [0, 0.05) is 25.4 Å². The Hall–Kier alpha value is -1.35. The van der Waals surface area contributed by atoms with E-state index in [1.54, 1.807) is 0 Å². The van der Waals surface area contributed by atoms with Crippen molar-refractivity contribution < 1.29 is 4.79 Å².